The summed E-state index contributed by atoms with van der Waals surface area (Å²) < 4.78 is 17.8. The van der Waals surface area contributed by atoms with Crippen LogP contribution < -0.4 is 5.32 Å². The Morgan fingerprint density at radius 1 is 1.12 bits per heavy atom. The smallest absolute Gasteiger partial charge is 0.409 e. The van der Waals surface area contributed by atoms with Crippen LogP contribution in [-0.2, 0) is 9.53 Å². The first-order valence-corrected chi connectivity index (χ1v) is 8.19. The first-order chi connectivity index (χ1) is 11.9. The number of piperazine rings is 1. The van der Waals surface area contributed by atoms with E-state index >= 15 is 0 Å². The zero-order chi connectivity index (χ0) is 18.4. The number of ether oxygens (including phenoxy) is 1. The molecule has 3 amide bonds. The van der Waals surface area contributed by atoms with Crippen LogP contribution in [0.1, 0.15) is 24.2 Å². The third-order valence-corrected chi connectivity index (χ3v) is 3.94. The van der Waals surface area contributed by atoms with Crippen molar-refractivity contribution in [1.82, 2.24) is 15.1 Å². The highest BCUT2D eigenvalue weighted by Gasteiger charge is 2.28. The number of rotatable bonds is 4. The molecule has 1 atom stereocenters. The quantitative estimate of drug-likeness (QED) is 0.885. The number of carbonyl (C=O) groups is 3. The summed E-state index contributed by atoms with van der Waals surface area (Å²) in [6.07, 6.45) is -0.382. The largest absolute Gasteiger partial charge is 0.450 e. The monoisotopic (exact) mass is 351 g/mol. The molecule has 0 spiro atoms. The van der Waals surface area contributed by atoms with Gasteiger partial charge in [0.15, 0.2) is 0 Å². The molecule has 1 fully saturated rings. The van der Waals surface area contributed by atoms with Crippen molar-refractivity contribution in [3.05, 3.63) is 35.6 Å². The topological polar surface area (TPSA) is 79.0 Å². The van der Waals surface area contributed by atoms with Gasteiger partial charge in [-0.05, 0) is 38.1 Å². The van der Waals surface area contributed by atoms with Crippen molar-refractivity contribution in [3.63, 3.8) is 0 Å². The number of carbonyl (C=O) groups excluding carboxylic acids is 3. The Kier molecular flexibility index (Phi) is 6.32. The van der Waals surface area contributed by atoms with E-state index in [9.17, 15) is 18.8 Å². The zero-order valence-electron chi connectivity index (χ0n) is 14.3. The van der Waals surface area contributed by atoms with E-state index in [0.29, 0.717) is 32.8 Å². The van der Waals surface area contributed by atoms with E-state index < -0.39 is 17.8 Å². The van der Waals surface area contributed by atoms with Crippen molar-refractivity contribution in [3.8, 4) is 0 Å². The second kappa shape index (κ2) is 8.46. The minimum Gasteiger partial charge on any atom is -0.450 e. The van der Waals surface area contributed by atoms with Crippen LogP contribution in [0.2, 0.25) is 0 Å². The SMILES string of the molecule is CCOC(=O)N1CCN(C(=O)[C@@H](C)NC(=O)c2ccc(F)cc2)CC1. The maximum Gasteiger partial charge on any atom is 0.409 e. The molecule has 136 valence electrons. The van der Waals surface area contributed by atoms with Crippen LogP contribution in [0.3, 0.4) is 0 Å². The second-order valence-corrected chi connectivity index (χ2v) is 5.71. The summed E-state index contributed by atoms with van der Waals surface area (Å²) in [7, 11) is 0. The molecule has 0 aliphatic carbocycles. The molecule has 1 heterocycles. The molecule has 8 heteroatoms. The summed E-state index contributed by atoms with van der Waals surface area (Å²) in [5, 5.41) is 2.61. The van der Waals surface area contributed by atoms with Gasteiger partial charge < -0.3 is 19.9 Å². The number of hydrogen-bond acceptors (Lipinski definition) is 4. The number of nitrogens with one attached hydrogen (secondary N) is 1. The fraction of sp³-hybridized carbons (Fsp3) is 0.471. The first kappa shape index (κ1) is 18.7. The summed E-state index contributed by atoms with van der Waals surface area (Å²) in [5.41, 5.74) is 0.285. The summed E-state index contributed by atoms with van der Waals surface area (Å²) in [5.74, 6) is -1.09. The average Bonchev–Trinajstić information content (AvgIpc) is 2.61. The Hall–Kier alpha value is -2.64. The van der Waals surface area contributed by atoms with Crippen LogP contribution in [0.4, 0.5) is 9.18 Å². The Bertz CT molecular complexity index is 627. The Labute approximate surface area is 145 Å². The van der Waals surface area contributed by atoms with Crippen LogP contribution in [-0.4, -0.2) is 66.5 Å². The van der Waals surface area contributed by atoms with Crippen molar-refractivity contribution in [2.24, 2.45) is 0 Å². The molecule has 2 rings (SSSR count). The molecule has 0 saturated carbocycles. The molecular formula is C17H22FN3O4. The lowest BCUT2D eigenvalue weighted by Crippen LogP contribution is -2.55. The molecule has 7 nitrogen and oxygen atoms in total. The van der Waals surface area contributed by atoms with E-state index in [0.717, 1.165) is 0 Å². The van der Waals surface area contributed by atoms with Gasteiger partial charge in [0.25, 0.3) is 5.91 Å². The number of halogens is 1. The molecule has 1 aromatic carbocycles. The van der Waals surface area contributed by atoms with E-state index in [1.165, 1.54) is 24.3 Å². The highest BCUT2D eigenvalue weighted by atomic mass is 19.1. The molecule has 1 aromatic rings. The zero-order valence-corrected chi connectivity index (χ0v) is 14.3. The number of benzene rings is 1. The third kappa shape index (κ3) is 4.91. The molecule has 0 bridgehead atoms. The van der Waals surface area contributed by atoms with Gasteiger partial charge in [0.2, 0.25) is 5.91 Å². The minimum absolute atomic E-state index is 0.223. The molecule has 25 heavy (non-hydrogen) atoms. The lowest BCUT2D eigenvalue weighted by molar-refractivity contribution is -0.134. The third-order valence-electron chi connectivity index (χ3n) is 3.94. The highest BCUT2D eigenvalue weighted by molar-refractivity contribution is 5.97. The summed E-state index contributed by atoms with van der Waals surface area (Å²) in [6, 6.07) is 4.39. The van der Waals surface area contributed by atoms with Gasteiger partial charge in [-0.3, -0.25) is 9.59 Å². The Morgan fingerprint density at radius 3 is 2.24 bits per heavy atom. The van der Waals surface area contributed by atoms with E-state index in [4.69, 9.17) is 4.74 Å². The number of hydrogen-bond donors (Lipinski definition) is 1. The lowest BCUT2D eigenvalue weighted by Gasteiger charge is -2.35. The molecular weight excluding hydrogens is 329 g/mol. The van der Waals surface area contributed by atoms with Gasteiger partial charge >= 0.3 is 6.09 Å². The normalized spacial score (nSPS) is 15.5. The van der Waals surface area contributed by atoms with Crippen LogP contribution in [0.5, 0.6) is 0 Å². The summed E-state index contributed by atoms with van der Waals surface area (Å²) >= 11 is 0. The fourth-order valence-corrected chi connectivity index (χ4v) is 2.54. The summed E-state index contributed by atoms with van der Waals surface area (Å²) in [4.78, 5) is 39.3. The van der Waals surface area contributed by atoms with Crippen LogP contribution in [0, 0.1) is 5.82 Å². The molecule has 1 N–H and O–H groups in total. The molecule has 1 aliphatic heterocycles. The maximum absolute atomic E-state index is 12.9. The summed E-state index contributed by atoms with van der Waals surface area (Å²) in [6.45, 7) is 5.20. The van der Waals surface area contributed by atoms with Crippen LogP contribution in [0.25, 0.3) is 0 Å². The fourth-order valence-electron chi connectivity index (χ4n) is 2.54. The molecule has 0 aromatic heterocycles. The molecule has 1 saturated heterocycles. The minimum atomic E-state index is -0.716. The predicted octanol–water partition coefficient (Wildman–Crippen LogP) is 1.24. The Morgan fingerprint density at radius 2 is 1.68 bits per heavy atom. The van der Waals surface area contributed by atoms with Crippen molar-refractivity contribution >= 4 is 17.9 Å². The van der Waals surface area contributed by atoms with Gasteiger partial charge in [-0.1, -0.05) is 0 Å². The Balaban J connectivity index is 1.85. The van der Waals surface area contributed by atoms with Gasteiger partial charge in [0.05, 0.1) is 6.61 Å². The van der Waals surface area contributed by atoms with E-state index in [1.807, 2.05) is 0 Å². The van der Waals surface area contributed by atoms with Crippen molar-refractivity contribution in [2.75, 3.05) is 32.8 Å². The first-order valence-electron chi connectivity index (χ1n) is 8.19. The molecule has 1 aliphatic rings. The van der Waals surface area contributed by atoms with Crippen LogP contribution >= 0.6 is 0 Å². The number of amides is 3. The maximum atomic E-state index is 12.9. The highest BCUT2D eigenvalue weighted by Crippen LogP contribution is 2.07. The second-order valence-electron chi connectivity index (χ2n) is 5.71. The lowest BCUT2D eigenvalue weighted by atomic mass is 10.2. The van der Waals surface area contributed by atoms with E-state index in [2.05, 4.69) is 5.32 Å². The predicted molar refractivity (Wildman–Crippen MR) is 88.5 cm³/mol. The van der Waals surface area contributed by atoms with Gasteiger partial charge in [-0.25, -0.2) is 9.18 Å². The van der Waals surface area contributed by atoms with Crippen molar-refractivity contribution < 1.29 is 23.5 Å². The van der Waals surface area contributed by atoms with Crippen molar-refractivity contribution in [1.29, 1.82) is 0 Å². The van der Waals surface area contributed by atoms with Gasteiger partial charge in [0, 0.05) is 31.7 Å². The van der Waals surface area contributed by atoms with E-state index in [-0.39, 0.29) is 17.6 Å². The average molecular weight is 351 g/mol. The molecule has 0 unspecified atom stereocenters. The van der Waals surface area contributed by atoms with Crippen molar-refractivity contribution in [2.45, 2.75) is 19.9 Å². The van der Waals surface area contributed by atoms with Gasteiger partial charge in [0.1, 0.15) is 11.9 Å². The molecule has 0 radical (unpaired) electrons. The standard InChI is InChI=1S/C17H22FN3O4/c1-3-25-17(24)21-10-8-20(9-11-21)16(23)12(2)19-15(22)13-4-6-14(18)7-5-13/h4-7,12H,3,8-11H2,1-2H3,(H,19,22)/t12-/m1/s1. The van der Waals surface area contributed by atoms with Gasteiger partial charge in [-0.2, -0.15) is 0 Å². The van der Waals surface area contributed by atoms with Crippen LogP contribution in [0.15, 0.2) is 24.3 Å². The number of nitrogens with zero attached hydrogens (tertiary/aromatic N) is 2. The van der Waals surface area contributed by atoms with Gasteiger partial charge in [-0.15, -0.1) is 0 Å². The van der Waals surface area contributed by atoms with E-state index in [1.54, 1.807) is 23.6 Å².